The topological polar surface area (TPSA) is 66.0 Å². The van der Waals surface area contributed by atoms with Crippen LogP contribution in [0.15, 0.2) is 29.3 Å². The van der Waals surface area contributed by atoms with Crippen molar-refractivity contribution in [1.29, 1.82) is 0 Å². The fourth-order valence-electron chi connectivity index (χ4n) is 2.01. The third-order valence-electron chi connectivity index (χ3n) is 3.31. The Morgan fingerprint density at radius 2 is 1.85 bits per heavy atom. The predicted octanol–water partition coefficient (Wildman–Crippen LogP) is 3.02. The van der Waals surface area contributed by atoms with Gasteiger partial charge in [0.2, 0.25) is 0 Å². The lowest BCUT2D eigenvalue weighted by Gasteiger charge is -2.24. The summed E-state index contributed by atoms with van der Waals surface area (Å²) in [5.41, 5.74) is 0.151. The van der Waals surface area contributed by atoms with Crippen molar-refractivity contribution >= 4 is 36.0 Å². The molecule has 0 spiro atoms. The maximum absolute atomic E-state index is 13.6. The van der Waals surface area contributed by atoms with E-state index in [9.17, 15) is 9.18 Å². The Bertz CT molecular complexity index is 591. The maximum Gasteiger partial charge on any atom is 0.410 e. The zero-order valence-electron chi connectivity index (χ0n) is 16.1. The normalized spacial score (nSPS) is 11.4. The van der Waals surface area contributed by atoms with E-state index in [0.717, 1.165) is 0 Å². The number of hydrogen-bond acceptors (Lipinski definition) is 3. The van der Waals surface area contributed by atoms with Crippen LogP contribution in [0.2, 0.25) is 0 Å². The highest BCUT2D eigenvalue weighted by molar-refractivity contribution is 14.0. The van der Waals surface area contributed by atoms with Gasteiger partial charge in [0.25, 0.3) is 0 Å². The molecule has 2 N–H and O–H groups in total. The Balaban J connectivity index is 0.00000625. The summed E-state index contributed by atoms with van der Waals surface area (Å²) in [5, 5.41) is 6.24. The number of halogens is 2. The Morgan fingerprint density at radius 3 is 2.42 bits per heavy atom. The molecule has 0 heterocycles. The molecule has 0 fully saturated rings. The third kappa shape index (κ3) is 9.79. The van der Waals surface area contributed by atoms with Crippen LogP contribution in [-0.2, 0) is 11.2 Å². The largest absolute Gasteiger partial charge is 0.444 e. The maximum atomic E-state index is 13.6. The van der Waals surface area contributed by atoms with Gasteiger partial charge in [-0.15, -0.1) is 24.0 Å². The van der Waals surface area contributed by atoms with Crippen molar-refractivity contribution in [3.63, 3.8) is 0 Å². The van der Waals surface area contributed by atoms with E-state index >= 15 is 0 Å². The van der Waals surface area contributed by atoms with Gasteiger partial charge in [0, 0.05) is 33.7 Å². The molecule has 6 nitrogen and oxygen atoms in total. The number of hydrogen-bond donors (Lipinski definition) is 2. The van der Waals surface area contributed by atoms with Crippen LogP contribution in [0.25, 0.3) is 0 Å². The van der Waals surface area contributed by atoms with Crippen LogP contribution >= 0.6 is 24.0 Å². The highest BCUT2D eigenvalue weighted by atomic mass is 127. The van der Waals surface area contributed by atoms with E-state index in [2.05, 4.69) is 15.6 Å². The van der Waals surface area contributed by atoms with Crippen LogP contribution < -0.4 is 10.6 Å². The van der Waals surface area contributed by atoms with Gasteiger partial charge in [0.1, 0.15) is 11.4 Å². The molecule has 1 aromatic carbocycles. The average Bonchev–Trinajstić information content (AvgIpc) is 2.53. The third-order valence-corrected chi connectivity index (χ3v) is 3.31. The molecule has 8 heteroatoms. The number of rotatable bonds is 6. The fraction of sp³-hybridized carbons (Fsp3) is 0.556. The molecule has 0 saturated carbocycles. The predicted molar refractivity (Wildman–Crippen MR) is 114 cm³/mol. The smallest absolute Gasteiger partial charge is 0.410 e. The molecule has 0 bridgehead atoms. The second-order valence-corrected chi connectivity index (χ2v) is 6.67. The van der Waals surface area contributed by atoms with Gasteiger partial charge >= 0.3 is 6.09 Å². The molecule has 1 amide bonds. The first-order valence-corrected chi connectivity index (χ1v) is 8.35. The van der Waals surface area contributed by atoms with Crippen molar-refractivity contribution in [2.75, 3.05) is 33.7 Å². The molecule has 0 unspecified atom stereocenters. The average molecular weight is 480 g/mol. The van der Waals surface area contributed by atoms with Crippen molar-refractivity contribution in [3.05, 3.63) is 35.6 Å². The van der Waals surface area contributed by atoms with Crippen LogP contribution in [0.5, 0.6) is 0 Å². The van der Waals surface area contributed by atoms with Gasteiger partial charge < -0.3 is 20.3 Å². The van der Waals surface area contributed by atoms with Crippen LogP contribution in [0.3, 0.4) is 0 Å². The molecule has 0 aliphatic carbocycles. The van der Waals surface area contributed by atoms with E-state index in [-0.39, 0.29) is 35.9 Å². The molecule has 0 aromatic heterocycles. The van der Waals surface area contributed by atoms with Gasteiger partial charge in [-0.3, -0.25) is 4.99 Å². The van der Waals surface area contributed by atoms with Gasteiger partial charge in [-0.25, -0.2) is 9.18 Å². The van der Waals surface area contributed by atoms with Gasteiger partial charge in [-0.1, -0.05) is 18.2 Å². The summed E-state index contributed by atoms with van der Waals surface area (Å²) in [7, 11) is 3.35. The lowest BCUT2D eigenvalue weighted by atomic mass is 10.1. The van der Waals surface area contributed by atoms with Crippen molar-refractivity contribution in [3.8, 4) is 0 Å². The van der Waals surface area contributed by atoms with Gasteiger partial charge in [-0.05, 0) is 38.8 Å². The van der Waals surface area contributed by atoms with Crippen LogP contribution in [-0.4, -0.2) is 56.3 Å². The number of carbonyl (C=O) groups excluding carboxylic acids is 1. The SMILES string of the molecule is CN=C(NCCc1ccccc1F)NCCN(C)C(=O)OC(C)(C)C.I. The summed E-state index contributed by atoms with van der Waals surface area (Å²) >= 11 is 0. The van der Waals surface area contributed by atoms with Crippen LogP contribution in [0.1, 0.15) is 26.3 Å². The van der Waals surface area contributed by atoms with Crippen LogP contribution in [0.4, 0.5) is 9.18 Å². The number of ether oxygens (including phenoxy) is 1. The molecule has 26 heavy (non-hydrogen) atoms. The second kappa shape index (κ2) is 11.9. The fourth-order valence-corrected chi connectivity index (χ4v) is 2.01. The van der Waals surface area contributed by atoms with E-state index in [1.807, 2.05) is 26.8 Å². The Kier molecular flexibility index (Phi) is 11.2. The molecule has 0 radical (unpaired) electrons. The minimum atomic E-state index is -0.511. The molecule has 1 rings (SSSR count). The van der Waals surface area contributed by atoms with E-state index in [1.165, 1.54) is 11.0 Å². The van der Waals surface area contributed by atoms with E-state index in [1.54, 1.807) is 26.2 Å². The summed E-state index contributed by atoms with van der Waals surface area (Å²) in [6.07, 6.45) is 0.197. The number of guanidine groups is 1. The summed E-state index contributed by atoms with van der Waals surface area (Å²) in [5.74, 6) is 0.403. The number of nitrogens with zero attached hydrogens (tertiary/aromatic N) is 2. The van der Waals surface area contributed by atoms with Gasteiger partial charge in [0.15, 0.2) is 5.96 Å². The van der Waals surface area contributed by atoms with Crippen molar-refractivity contribution < 1.29 is 13.9 Å². The summed E-state index contributed by atoms with van der Waals surface area (Å²) in [4.78, 5) is 17.5. The quantitative estimate of drug-likeness (QED) is 0.374. The lowest BCUT2D eigenvalue weighted by molar-refractivity contribution is 0.0302. The molecule has 1 aromatic rings. The van der Waals surface area contributed by atoms with Gasteiger partial charge in [0.05, 0.1) is 0 Å². The summed E-state index contributed by atoms with van der Waals surface area (Å²) < 4.78 is 18.8. The molecule has 0 aliphatic rings. The van der Waals surface area contributed by atoms with Gasteiger partial charge in [-0.2, -0.15) is 0 Å². The van der Waals surface area contributed by atoms with E-state index < -0.39 is 5.60 Å². The van der Waals surface area contributed by atoms with E-state index in [0.29, 0.717) is 37.6 Å². The Labute approximate surface area is 172 Å². The standard InChI is InChI=1S/C18H29FN4O2.HI/c1-18(2,3)25-17(24)23(5)13-12-22-16(20-4)21-11-10-14-8-6-7-9-15(14)19;/h6-9H,10-13H2,1-5H3,(H2,20,21,22);1H. The zero-order chi connectivity index (χ0) is 18.9. The second-order valence-electron chi connectivity index (χ2n) is 6.67. The van der Waals surface area contributed by atoms with Crippen LogP contribution in [0, 0.1) is 5.82 Å². The first kappa shape index (κ1) is 24.4. The number of aliphatic imine (C=N–C) groups is 1. The molecular formula is C18H30FIN4O2. The first-order valence-electron chi connectivity index (χ1n) is 8.35. The minimum absolute atomic E-state index is 0. The minimum Gasteiger partial charge on any atom is -0.444 e. The molecular weight excluding hydrogens is 450 g/mol. The molecule has 0 atom stereocenters. The lowest BCUT2D eigenvalue weighted by Crippen LogP contribution is -2.43. The number of amides is 1. The Hall–Kier alpha value is -1.58. The zero-order valence-corrected chi connectivity index (χ0v) is 18.5. The van der Waals surface area contributed by atoms with E-state index in [4.69, 9.17) is 4.74 Å². The summed E-state index contributed by atoms with van der Waals surface area (Å²) in [6, 6.07) is 6.71. The Morgan fingerprint density at radius 1 is 1.23 bits per heavy atom. The number of carbonyl (C=O) groups is 1. The number of likely N-dealkylation sites (N-methyl/N-ethyl adjacent to an activating group) is 1. The molecule has 148 valence electrons. The number of benzene rings is 1. The molecule has 0 aliphatic heterocycles. The van der Waals surface area contributed by atoms with Crippen molar-refractivity contribution in [1.82, 2.24) is 15.5 Å². The molecule has 0 saturated heterocycles. The van der Waals surface area contributed by atoms with Crippen molar-refractivity contribution in [2.24, 2.45) is 4.99 Å². The monoisotopic (exact) mass is 480 g/mol. The van der Waals surface area contributed by atoms with Crippen molar-refractivity contribution in [2.45, 2.75) is 32.8 Å². The highest BCUT2D eigenvalue weighted by Gasteiger charge is 2.19. The highest BCUT2D eigenvalue weighted by Crippen LogP contribution is 2.08. The number of nitrogens with one attached hydrogen (secondary N) is 2. The first-order chi connectivity index (χ1) is 11.7. The summed E-state index contributed by atoms with van der Waals surface area (Å²) in [6.45, 7) is 7.05.